The number of hydrogen-bond acceptors (Lipinski definition) is 3. The Kier molecular flexibility index (Phi) is 3.87. The molecule has 1 amide bonds. The van der Waals surface area contributed by atoms with Crippen molar-refractivity contribution in [3.05, 3.63) is 51.9 Å². The Morgan fingerprint density at radius 1 is 1.21 bits per heavy atom. The Morgan fingerprint density at radius 3 is 2.58 bits per heavy atom. The van der Waals surface area contributed by atoms with Crippen molar-refractivity contribution < 1.29 is 9.18 Å². The van der Waals surface area contributed by atoms with Gasteiger partial charge in [-0.2, -0.15) is 0 Å². The van der Waals surface area contributed by atoms with Gasteiger partial charge in [-0.05, 0) is 30.3 Å². The molecule has 0 atom stereocenters. The molecule has 19 heavy (non-hydrogen) atoms. The topological polar surface area (TPSA) is 68.0 Å². The number of aromatic nitrogens is 1. The molecule has 0 unspecified atom stereocenters. The van der Waals surface area contributed by atoms with E-state index in [1.54, 1.807) is 0 Å². The van der Waals surface area contributed by atoms with Gasteiger partial charge in [0.25, 0.3) is 5.91 Å². The number of amides is 1. The molecule has 0 fully saturated rings. The Hall–Kier alpha value is -1.85. The second kappa shape index (κ2) is 5.42. The molecular weight excluding hydrogens is 292 g/mol. The number of nitrogens with one attached hydrogen (secondary N) is 1. The molecule has 0 saturated carbocycles. The van der Waals surface area contributed by atoms with Crippen molar-refractivity contribution in [1.29, 1.82) is 0 Å². The quantitative estimate of drug-likeness (QED) is 0.893. The second-order valence-corrected chi connectivity index (χ2v) is 4.46. The molecule has 0 radical (unpaired) electrons. The smallest absolute Gasteiger partial charge is 0.275 e. The van der Waals surface area contributed by atoms with E-state index in [0.717, 1.165) is 6.07 Å². The van der Waals surface area contributed by atoms with Gasteiger partial charge in [0.1, 0.15) is 17.3 Å². The Labute approximate surface area is 118 Å². The van der Waals surface area contributed by atoms with Crippen LogP contribution >= 0.6 is 23.2 Å². The zero-order valence-electron chi connectivity index (χ0n) is 9.45. The average molecular weight is 300 g/mol. The number of rotatable bonds is 2. The maximum Gasteiger partial charge on any atom is 0.275 e. The number of carbonyl (C=O) groups is 1. The van der Waals surface area contributed by atoms with Crippen LogP contribution in [0, 0.1) is 5.82 Å². The van der Waals surface area contributed by atoms with Gasteiger partial charge in [-0.3, -0.25) is 4.79 Å². The lowest BCUT2D eigenvalue weighted by atomic mass is 10.2. The Bertz CT molecular complexity index is 649. The van der Waals surface area contributed by atoms with Crippen molar-refractivity contribution in [1.82, 2.24) is 4.98 Å². The summed E-state index contributed by atoms with van der Waals surface area (Å²) < 4.78 is 13.2. The molecule has 0 aliphatic carbocycles. The number of halogens is 3. The minimum Gasteiger partial charge on any atom is -0.384 e. The average Bonchev–Trinajstić information content (AvgIpc) is 2.36. The predicted molar refractivity (Wildman–Crippen MR) is 73.0 cm³/mol. The third-order valence-electron chi connectivity index (χ3n) is 2.26. The monoisotopic (exact) mass is 299 g/mol. The van der Waals surface area contributed by atoms with E-state index in [-0.39, 0.29) is 27.2 Å². The molecule has 0 aliphatic heterocycles. The van der Waals surface area contributed by atoms with Crippen LogP contribution in [0.15, 0.2) is 30.3 Å². The van der Waals surface area contributed by atoms with Crippen LogP contribution in [0.2, 0.25) is 10.0 Å². The fraction of sp³-hybridized carbons (Fsp3) is 0. The van der Waals surface area contributed by atoms with Crippen molar-refractivity contribution in [2.24, 2.45) is 0 Å². The molecule has 7 heteroatoms. The van der Waals surface area contributed by atoms with E-state index in [0.29, 0.717) is 0 Å². The highest BCUT2D eigenvalue weighted by Crippen LogP contribution is 2.21. The van der Waals surface area contributed by atoms with Crippen LogP contribution in [0.4, 0.5) is 15.9 Å². The third kappa shape index (κ3) is 3.13. The third-order valence-corrected chi connectivity index (χ3v) is 2.87. The molecule has 2 aromatic rings. The maximum atomic E-state index is 13.2. The first kappa shape index (κ1) is 13.6. The summed E-state index contributed by atoms with van der Waals surface area (Å²) in [4.78, 5) is 15.7. The van der Waals surface area contributed by atoms with Gasteiger partial charge in [0, 0.05) is 5.69 Å². The Morgan fingerprint density at radius 2 is 1.89 bits per heavy atom. The fourth-order valence-corrected chi connectivity index (χ4v) is 1.69. The Balaban J connectivity index is 2.25. The maximum absolute atomic E-state index is 13.2. The molecule has 0 bridgehead atoms. The summed E-state index contributed by atoms with van der Waals surface area (Å²) in [7, 11) is 0. The molecule has 0 aliphatic rings. The minimum absolute atomic E-state index is 0.0295. The highest BCUT2D eigenvalue weighted by molar-refractivity contribution is 6.34. The molecule has 1 aromatic carbocycles. The summed E-state index contributed by atoms with van der Waals surface area (Å²) >= 11 is 11.4. The number of nitrogens with two attached hydrogens (primary N) is 1. The van der Waals surface area contributed by atoms with Gasteiger partial charge in [0.15, 0.2) is 0 Å². The van der Waals surface area contributed by atoms with E-state index in [1.807, 2.05) is 0 Å². The molecule has 1 aromatic heterocycles. The summed E-state index contributed by atoms with van der Waals surface area (Å²) in [5.41, 5.74) is 5.69. The largest absolute Gasteiger partial charge is 0.384 e. The van der Waals surface area contributed by atoms with Gasteiger partial charge in [0.05, 0.1) is 10.0 Å². The molecule has 3 N–H and O–H groups in total. The number of benzene rings is 1. The van der Waals surface area contributed by atoms with Crippen LogP contribution in [-0.2, 0) is 0 Å². The molecular formula is C12H8Cl2FN3O. The summed E-state index contributed by atoms with van der Waals surface area (Å²) in [5.74, 6) is -1.05. The van der Waals surface area contributed by atoms with E-state index in [9.17, 15) is 9.18 Å². The summed E-state index contributed by atoms with van der Waals surface area (Å²) in [6.07, 6.45) is 0. The minimum atomic E-state index is -0.633. The fourth-order valence-electron chi connectivity index (χ4n) is 1.38. The second-order valence-electron chi connectivity index (χ2n) is 3.65. The molecule has 0 spiro atoms. The lowest BCUT2D eigenvalue weighted by Gasteiger charge is -2.07. The van der Waals surface area contributed by atoms with Crippen LogP contribution < -0.4 is 11.1 Å². The number of nitrogens with zero attached hydrogens (tertiary/aromatic N) is 1. The van der Waals surface area contributed by atoms with Crippen molar-refractivity contribution >= 4 is 40.6 Å². The standard InChI is InChI=1S/C12H8Cl2FN3O/c13-7-2-1-6(5-9(7)15)17-12(19)11-8(14)3-4-10(16)18-11/h1-5H,(H2,16,18)(H,17,19). The summed E-state index contributed by atoms with van der Waals surface area (Å²) in [6.45, 7) is 0. The van der Waals surface area contributed by atoms with Crippen LogP contribution in [0.1, 0.15) is 10.5 Å². The summed E-state index contributed by atoms with van der Waals surface area (Å²) in [5, 5.41) is 2.58. The van der Waals surface area contributed by atoms with Crippen molar-refractivity contribution in [2.45, 2.75) is 0 Å². The van der Waals surface area contributed by atoms with Gasteiger partial charge in [0.2, 0.25) is 0 Å². The first-order valence-electron chi connectivity index (χ1n) is 5.16. The normalized spacial score (nSPS) is 10.3. The molecule has 1 heterocycles. The van der Waals surface area contributed by atoms with Crippen LogP contribution in [0.25, 0.3) is 0 Å². The zero-order valence-corrected chi connectivity index (χ0v) is 11.0. The number of nitrogen functional groups attached to an aromatic ring is 1. The van der Waals surface area contributed by atoms with Crippen molar-refractivity contribution in [3.63, 3.8) is 0 Å². The summed E-state index contributed by atoms with van der Waals surface area (Å²) in [6, 6.07) is 6.83. The highest BCUT2D eigenvalue weighted by Gasteiger charge is 2.13. The van der Waals surface area contributed by atoms with Crippen LogP contribution in [0.3, 0.4) is 0 Å². The first-order valence-corrected chi connectivity index (χ1v) is 5.91. The van der Waals surface area contributed by atoms with Crippen molar-refractivity contribution in [3.8, 4) is 0 Å². The van der Waals surface area contributed by atoms with E-state index in [2.05, 4.69) is 10.3 Å². The van der Waals surface area contributed by atoms with E-state index in [1.165, 1.54) is 24.3 Å². The molecule has 98 valence electrons. The van der Waals surface area contributed by atoms with E-state index >= 15 is 0 Å². The lowest BCUT2D eigenvalue weighted by Crippen LogP contribution is -2.15. The van der Waals surface area contributed by atoms with Crippen molar-refractivity contribution in [2.75, 3.05) is 11.1 Å². The van der Waals surface area contributed by atoms with Crippen LogP contribution in [0.5, 0.6) is 0 Å². The number of hydrogen-bond donors (Lipinski definition) is 2. The van der Waals surface area contributed by atoms with Gasteiger partial charge in [-0.25, -0.2) is 9.37 Å². The van der Waals surface area contributed by atoms with Gasteiger partial charge in [-0.15, -0.1) is 0 Å². The van der Waals surface area contributed by atoms with Crippen LogP contribution in [-0.4, -0.2) is 10.9 Å². The predicted octanol–water partition coefficient (Wildman–Crippen LogP) is 3.36. The van der Waals surface area contributed by atoms with Gasteiger partial charge >= 0.3 is 0 Å². The SMILES string of the molecule is Nc1ccc(Cl)c(C(=O)Nc2ccc(Cl)c(F)c2)n1. The van der Waals surface area contributed by atoms with Gasteiger partial charge in [-0.1, -0.05) is 23.2 Å². The molecule has 2 rings (SSSR count). The van der Waals surface area contributed by atoms with E-state index in [4.69, 9.17) is 28.9 Å². The van der Waals surface area contributed by atoms with Gasteiger partial charge < -0.3 is 11.1 Å². The number of carbonyl (C=O) groups excluding carboxylic acids is 1. The van der Waals surface area contributed by atoms with E-state index < -0.39 is 11.7 Å². The number of anilines is 2. The lowest BCUT2D eigenvalue weighted by molar-refractivity contribution is 0.102. The molecule has 0 saturated heterocycles. The molecule has 4 nitrogen and oxygen atoms in total. The number of pyridine rings is 1. The zero-order chi connectivity index (χ0) is 14.0. The first-order chi connectivity index (χ1) is 8.97. The highest BCUT2D eigenvalue weighted by atomic mass is 35.5.